The van der Waals surface area contributed by atoms with Gasteiger partial charge in [0, 0.05) is 29.1 Å². The summed E-state index contributed by atoms with van der Waals surface area (Å²) < 4.78 is 29.3. The van der Waals surface area contributed by atoms with Gasteiger partial charge in [0.2, 0.25) is 11.8 Å². The molecule has 7 nitrogen and oxygen atoms in total. The molecule has 1 atom stereocenters. The average Bonchev–Trinajstić information content (AvgIpc) is 2.99. The summed E-state index contributed by atoms with van der Waals surface area (Å²) in [5.74, 6) is -1.00. The number of halogens is 3. The Morgan fingerprint density at radius 3 is 2.09 bits per heavy atom. The van der Waals surface area contributed by atoms with Crippen molar-refractivity contribution < 1.29 is 18.0 Å². The van der Waals surface area contributed by atoms with Crippen molar-refractivity contribution in [3.8, 4) is 0 Å². The lowest BCUT2D eigenvalue weighted by Crippen LogP contribution is -2.54. The third-order valence-corrected chi connectivity index (χ3v) is 9.57. The number of sulfonamides is 1. The van der Waals surface area contributed by atoms with Crippen molar-refractivity contribution in [3.63, 3.8) is 0 Å². The van der Waals surface area contributed by atoms with E-state index in [1.165, 1.54) is 35.2 Å². The fraction of sp³-hybridized carbons (Fsp3) is 0.235. The second-order valence-corrected chi connectivity index (χ2v) is 14.1. The van der Waals surface area contributed by atoms with Crippen LogP contribution >= 0.6 is 34.8 Å². The average molecular weight is 687 g/mol. The maximum Gasteiger partial charge on any atom is 0.264 e. The largest absolute Gasteiger partial charge is 0.352 e. The highest BCUT2D eigenvalue weighted by molar-refractivity contribution is 7.92. The minimum atomic E-state index is -4.32. The molecule has 0 bridgehead atoms. The zero-order chi connectivity index (χ0) is 32.7. The standard InChI is InChI=1S/C34H34Cl3N3O4S/c1-23(2)38-34(42)32(19-25-8-5-4-6-9-25)39(21-26-10-7-11-27(35)18-26)33(41)22-40(31-20-28(36)14-17-30(31)37)45(43,44)29-15-12-24(3)13-16-29/h4-18,20,23,32H,19,21-22H2,1-3H3,(H,38,42)/t32-/m0/s1. The number of aryl methyl sites for hydroxylation is 1. The minimum Gasteiger partial charge on any atom is -0.352 e. The summed E-state index contributed by atoms with van der Waals surface area (Å²) in [4.78, 5) is 29.6. The molecule has 0 aliphatic carbocycles. The van der Waals surface area contributed by atoms with Crippen LogP contribution in [0.5, 0.6) is 0 Å². The first-order valence-electron chi connectivity index (χ1n) is 14.3. The Balaban J connectivity index is 1.84. The number of benzene rings is 4. The summed E-state index contributed by atoms with van der Waals surface area (Å²) in [6.07, 6.45) is 0.189. The van der Waals surface area contributed by atoms with E-state index in [4.69, 9.17) is 34.8 Å². The van der Waals surface area contributed by atoms with E-state index in [0.29, 0.717) is 10.6 Å². The van der Waals surface area contributed by atoms with E-state index in [2.05, 4.69) is 5.32 Å². The predicted octanol–water partition coefficient (Wildman–Crippen LogP) is 7.32. The van der Waals surface area contributed by atoms with Crippen molar-refractivity contribution >= 4 is 62.3 Å². The molecule has 0 fully saturated rings. The quantitative estimate of drug-likeness (QED) is 0.169. The molecule has 0 heterocycles. The van der Waals surface area contributed by atoms with Gasteiger partial charge in [-0.2, -0.15) is 0 Å². The Morgan fingerprint density at radius 1 is 0.800 bits per heavy atom. The van der Waals surface area contributed by atoms with Crippen LogP contribution in [-0.4, -0.2) is 43.8 Å². The summed E-state index contributed by atoms with van der Waals surface area (Å²) in [6.45, 7) is 4.84. The third-order valence-electron chi connectivity index (χ3n) is 7.01. The van der Waals surface area contributed by atoms with E-state index in [1.54, 1.807) is 36.4 Å². The third kappa shape index (κ3) is 9.01. The molecule has 0 saturated carbocycles. The normalized spacial score (nSPS) is 12.1. The lowest BCUT2D eigenvalue weighted by molar-refractivity contribution is -0.140. The van der Waals surface area contributed by atoms with Gasteiger partial charge in [-0.15, -0.1) is 0 Å². The highest BCUT2D eigenvalue weighted by atomic mass is 35.5. The van der Waals surface area contributed by atoms with Gasteiger partial charge in [-0.25, -0.2) is 8.42 Å². The van der Waals surface area contributed by atoms with E-state index in [-0.39, 0.29) is 45.5 Å². The van der Waals surface area contributed by atoms with Gasteiger partial charge in [-0.3, -0.25) is 13.9 Å². The molecule has 236 valence electrons. The summed E-state index contributed by atoms with van der Waals surface area (Å²) >= 11 is 19.1. The number of amides is 2. The molecule has 2 amide bonds. The van der Waals surface area contributed by atoms with E-state index in [0.717, 1.165) is 15.4 Å². The topological polar surface area (TPSA) is 86.8 Å². The number of rotatable bonds is 12. The van der Waals surface area contributed by atoms with E-state index < -0.39 is 28.5 Å². The minimum absolute atomic E-state index is 0.00982. The summed E-state index contributed by atoms with van der Waals surface area (Å²) in [5.41, 5.74) is 2.39. The van der Waals surface area contributed by atoms with Crippen LogP contribution in [0.4, 0.5) is 5.69 Å². The Hall–Kier alpha value is -3.56. The zero-order valence-corrected chi connectivity index (χ0v) is 28.2. The van der Waals surface area contributed by atoms with Crippen LogP contribution in [0.15, 0.2) is 102 Å². The highest BCUT2D eigenvalue weighted by Crippen LogP contribution is 2.33. The second kappa shape index (κ2) is 15.1. The van der Waals surface area contributed by atoms with E-state index in [9.17, 15) is 18.0 Å². The van der Waals surface area contributed by atoms with Crippen molar-refractivity contribution in [2.24, 2.45) is 0 Å². The smallest absolute Gasteiger partial charge is 0.264 e. The summed E-state index contributed by atoms with van der Waals surface area (Å²) in [5, 5.41) is 3.71. The molecule has 45 heavy (non-hydrogen) atoms. The van der Waals surface area contributed by atoms with Gasteiger partial charge < -0.3 is 10.2 Å². The first-order valence-corrected chi connectivity index (χ1v) is 16.8. The number of nitrogens with one attached hydrogen (secondary N) is 1. The van der Waals surface area contributed by atoms with Crippen molar-refractivity contribution in [1.82, 2.24) is 10.2 Å². The second-order valence-electron chi connectivity index (χ2n) is 10.9. The van der Waals surface area contributed by atoms with Gasteiger partial charge >= 0.3 is 0 Å². The molecule has 1 N–H and O–H groups in total. The van der Waals surface area contributed by atoms with Crippen LogP contribution in [-0.2, 0) is 32.6 Å². The van der Waals surface area contributed by atoms with Crippen LogP contribution in [0.2, 0.25) is 15.1 Å². The maximum absolute atomic E-state index is 14.5. The predicted molar refractivity (Wildman–Crippen MR) is 181 cm³/mol. The van der Waals surface area contributed by atoms with Crippen molar-refractivity contribution in [2.75, 3.05) is 10.8 Å². The Bertz CT molecular complexity index is 1750. The molecular weight excluding hydrogens is 653 g/mol. The molecule has 0 aromatic heterocycles. The maximum atomic E-state index is 14.5. The first kappa shape index (κ1) is 34.3. The zero-order valence-electron chi connectivity index (χ0n) is 25.1. The number of nitrogens with zero attached hydrogens (tertiary/aromatic N) is 2. The van der Waals surface area contributed by atoms with Gasteiger partial charge in [0.05, 0.1) is 15.6 Å². The Labute approximate surface area is 279 Å². The van der Waals surface area contributed by atoms with Gasteiger partial charge in [0.25, 0.3) is 10.0 Å². The molecule has 0 unspecified atom stereocenters. The molecule has 4 rings (SSSR count). The first-order chi connectivity index (χ1) is 21.3. The van der Waals surface area contributed by atoms with Crippen LogP contribution < -0.4 is 9.62 Å². The molecule has 4 aromatic rings. The molecule has 0 saturated heterocycles. The van der Waals surface area contributed by atoms with Crippen molar-refractivity contribution in [2.45, 2.75) is 50.7 Å². The van der Waals surface area contributed by atoms with Gasteiger partial charge in [0.15, 0.2) is 0 Å². The fourth-order valence-electron chi connectivity index (χ4n) is 4.79. The molecule has 0 radical (unpaired) electrons. The van der Waals surface area contributed by atoms with Crippen LogP contribution in [0.3, 0.4) is 0 Å². The summed E-state index contributed by atoms with van der Waals surface area (Å²) in [6, 6.07) is 25.8. The Kier molecular flexibility index (Phi) is 11.6. The lowest BCUT2D eigenvalue weighted by Gasteiger charge is -2.34. The van der Waals surface area contributed by atoms with Crippen LogP contribution in [0.1, 0.15) is 30.5 Å². The Morgan fingerprint density at radius 2 is 1.44 bits per heavy atom. The van der Waals surface area contributed by atoms with Crippen molar-refractivity contribution in [3.05, 3.63) is 129 Å². The van der Waals surface area contributed by atoms with Crippen molar-refractivity contribution in [1.29, 1.82) is 0 Å². The monoisotopic (exact) mass is 685 g/mol. The molecule has 11 heteroatoms. The number of anilines is 1. The summed E-state index contributed by atoms with van der Waals surface area (Å²) in [7, 11) is -4.32. The molecule has 0 spiro atoms. The number of carbonyl (C=O) groups excluding carboxylic acids is 2. The lowest BCUT2D eigenvalue weighted by atomic mass is 10.0. The molecule has 0 aliphatic heterocycles. The molecular formula is C34H34Cl3N3O4S. The van der Waals surface area contributed by atoms with Gasteiger partial charge in [-0.1, -0.05) is 95.0 Å². The van der Waals surface area contributed by atoms with Crippen LogP contribution in [0, 0.1) is 6.92 Å². The van der Waals surface area contributed by atoms with Gasteiger partial charge in [0.1, 0.15) is 12.6 Å². The van der Waals surface area contributed by atoms with E-state index in [1.807, 2.05) is 51.1 Å². The van der Waals surface area contributed by atoms with E-state index >= 15 is 0 Å². The van der Waals surface area contributed by atoms with Crippen LogP contribution in [0.25, 0.3) is 0 Å². The highest BCUT2D eigenvalue weighted by Gasteiger charge is 2.35. The molecule has 0 aliphatic rings. The number of hydrogen-bond acceptors (Lipinski definition) is 4. The number of carbonyl (C=O) groups is 2. The number of hydrogen-bond donors (Lipinski definition) is 1. The molecule has 4 aromatic carbocycles. The SMILES string of the molecule is Cc1ccc(S(=O)(=O)N(CC(=O)N(Cc2cccc(Cl)c2)[C@@H](Cc2ccccc2)C(=O)NC(C)C)c2cc(Cl)ccc2Cl)cc1. The fourth-order valence-corrected chi connectivity index (χ4v) is 6.87. The van der Waals surface area contributed by atoms with Gasteiger partial charge in [-0.05, 0) is 74.4 Å².